The van der Waals surface area contributed by atoms with Crippen LogP contribution in [0.2, 0.25) is 0 Å². The summed E-state index contributed by atoms with van der Waals surface area (Å²) >= 11 is 1.53. The van der Waals surface area contributed by atoms with Crippen molar-refractivity contribution in [2.45, 2.75) is 6.54 Å². The van der Waals surface area contributed by atoms with Crippen LogP contribution in [0.3, 0.4) is 0 Å². The van der Waals surface area contributed by atoms with Gasteiger partial charge >= 0.3 is 0 Å². The van der Waals surface area contributed by atoms with Crippen LogP contribution in [-0.4, -0.2) is 30.9 Å². The van der Waals surface area contributed by atoms with E-state index in [1.54, 1.807) is 0 Å². The fraction of sp³-hybridized carbons (Fsp3) is 0.190. The second-order valence-corrected chi connectivity index (χ2v) is 7.22. The number of carbonyl (C=O) groups excluding carboxylic acids is 1. The van der Waals surface area contributed by atoms with Crippen LogP contribution in [0, 0.1) is 0 Å². The van der Waals surface area contributed by atoms with Crippen molar-refractivity contribution in [1.82, 2.24) is 4.90 Å². The molecule has 0 aliphatic carbocycles. The highest BCUT2D eigenvalue weighted by Crippen LogP contribution is 2.31. The van der Waals surface area contributed by atoms with Gasteiger partial charge in [-0.25, -0.2) is 0 Å². The molecule has 4 heteroatoms. The summed E-state index contributed by atoms with van der Waals surface area (Å²) in [4.78, 5) is 18.3. The smallest absolute Gasteiger partial charge is 0.264 e. The zero-order valence-corrected chi connectivity index (χ0v) is 15.0. The Kier molecular flexibility index (Phi) is 4.28. The van der Waals surface area contributed by atoms with Gasteiger partial charge in [0.25, 0.3) is 5.91 Å². The Hall–Kier alpha value is -2.59. The third kappa shape index (κ3) is 3.05. The van der Waals surface area contributed by atoms with Crippen molar-refractivity contribution in [3.05, 3.63) is 76.5 Å². The number of para-hydroxylation sites is 1. The second kappa shape index (κ2) is 6.73. The van der Waals surface area contributed by atoms with Crippen molar-refractivity contribution >= 4 is 22.9 Å². The topological polar surface area (TPSA) is 23.6 Å². The molecular formula is C21H20N2OS. The lowest BCUT2D eigenvalue weighted by molar-refractivity contribution is 0.0757. The highest BCUT2D eigenvalue weighted by molar-refractivity contribution is 7.12. The number of rotatable bonds is 2. The maximum absolute atomic E-state index is 13.2. The van der Waals surface area contributed by atoms with Crippen molar-refractivity contribution in [1.29, 1.82) is 0 Å². The number of likely N-dealkylation sites (N-methyl/N-ethyl adjacent to an activating group) is 1. The Morgan fingerprint density at radius 3 is 2.56 bits per heavy atom. The van der Waals surface area contributed by atoms with Crippen LogP contribution >= 0.6 is 11.3 Å². The number of hydrogen-bond donors (Lipinski definition) is 0. The first-order valence-electron chi connectivity index (χ1n) is 8.45. The molecule has 0 fully saturated rings. The zero-order valence-electron chi connectivity index (χ0n) is 14.2. The van der Waals surface area contributed by atoms with Gasteiger partial charge in [0.2, 0.25) is 0 Å². The van der Waals surface area contributed by atoms with Crippen LogP contribution < -0.4 is 4.90 Å². The molecule has 1 aliphatic heterocycles. The highest BCUT2D eigenvalue weighted by atomic mass is 32.1. The number of anilines is 1. The van der Waals surface area contributed by atoms with E-state index in [0.29, 0.717) is 6.54 Å². The average Bonchev–Trinajstić information content (AvgIpc) is 3.08. The molecular weight excluding hydrogens is 328 g/mol. The number of fused-ring (bicyclic) bond motifs is 1. The molecule has 0 saturated heterocycles. The lowest BCUT2D eigenvalue weighted by atomic mass is 10.1. The lowest BCUT2D eigenvalue weighted by Gasteiger charge is -2.21. The summed E-state index contributed by atoms with van der Waals surface area (Å²) in [5.41, 5.74) is 4.54. The van der Waals surface area contributed by atoms with Crippen molar-refractivity contribution in [2.24, 2.45) is 0 Å². The summed E-state index contributed by atoms with van der Waals surface area (Å²) in [5.74, 6) is 0.124. The van der Waals surface area contributed by atoms with Gasteiger partial charge in [0.1, 0.15) is 0 Å². The third-order valence-electron chi connectivity index (χ3n) is 4.70. The molecule has 3 aromatic rings. The molecule has 1 amide bonds. The second-order valence-electron chi connectivity index (χ2n) is 6.31. The van der Waals surface area contributed by atoms with Crippen LogP contribution in [0.5, 0.6) is 0 Å². The van der Waals surface area contributed by atoms with E-state index >= 15 is 0 Å². The monoisotopic (exact) mass is 348 g/mol. The van der Waals surface area contributed by atoms with E-state index in [2.05, 4.69) is 42.3 Å². The van der Waals surface area contributed by atoms with E-state index in [0.717, 1.165) is 29.1 Å². The molecule has 0 saturated carbocycles. The van der Waals surface area contributed by atoms with Crippen LogP contribution in [0.25, 0.3) is 11.1 Å². The molecule has 0 radical (unpaired) electrons. The molecule has 3 nitrogen and oxygen atoms in total. The van der Waals surface area contributed by atoms with Gasteiger partial charge in [-0.2, -0.15) is 0 Å². The largest absolute Gasteiger partial charge is 0.373 e. The molecule has 25 heavy (non-hydrogen) atoms. The van der Waals surface area contributed by atoms with Crippen LogP contribution in [0.1, 0.15) is 15.2 Å². The molecule has 4 rings (SSSR count). The number of amides is 1. The number of nitrogens with zero attached hydrogens (tertiary/aromatic N) is 2. The predicted octanol–water partition coefficient (Wildman–Crippen LogP) is 4.51. The number of hydrogen-bond acceptors (Lipinski definition) is 3. The molecule has 0 bridgehead atoms. The Bertz CT molecular complexity index is 888. The molecule has 1 aromatic heterocycles. The van der Waals surface area contributed by atoms with E-state index in [-0.39, 0.29) is 5.91 Å². The normalized spacial score (nSPS) is 14.1. The molecule has 126 valence electrons. The van der Waals surface area contributed by atoms with Gasteiger partial charge in [-0.1, -0.05) is 48.5 Å². The fourth-order valence-electron chi connectivity index (χ4n) is 3.33. The lowest BCUT2D eigenvalue weighted by Crippen LogP contribution is -2.34. The minimum atomic E-state index is 0.124. The summed E-state index contributed by atoms with van der Waals surface area (Å²) in [6.45, 7) is 2.23. The Morgan fingerprint density at radius 1 is 0.960 bits per heavy atom. The SMILES string of the molecule is CN1CCN(C(=O)c2sccc2-c2ccccc2)Cc2ccccc21. The summed E-state index contributed by atoms with van der Waals surface area (Å²) in [6, 6.07) is 20.5. The Morgan fingerprint density at radius 2 is 1.72 bits per heavy atom. The van der Waals surface area contributed by atoms with Crippen molar-refractivity contribution in [3.8, 4) is 11.1 Å². The summed E-state index contributed by atoms with van der Waals surface area (Å²) < 4.78 is 0. The molecule has 2 aromatic carbocycles. The van der Waals surface area contributed by atoms with Crippen LogP contribution in [0.4, 0.5) is 5.69 Å². The van der Waals surface area contributed by atoms with E-state index < -0.39 is 0 Å². The van der Waals surface area contributed by atoms with Crippen molar-refractivity contribution in [3.63, 3.8) is 0 Å². The van der Waals surface area contributed by atoms with E-state index in [1.165, 1.54) is 22.6 Å². The van der Waals surface area contributed by atoms with E-state index in [1.807, 2.05) is 40.6 Å². The maximum Gasteiger partial charge on any atom is 0.264 e. The minimum Gasteiger partial charge on any atom is -0.373 e. The summed E-state index contributed by atoms with van der Waals surface area (Å²) in [5, 5.41) is 2.01. The van der Waals surface area contributed by atoms with Gasteiger partial charge < -0.3 is 9.80 Å². The first-order chi connectivity index (χ1) is 12.2. The fourth-order valence-corrected chi connectivity index (χ4v) is 4.21. The number of thiophene rings is 1. The quantitative estimate of drug-likeness (QED) is 0.680. The van der Waals surface area contributed by atoms with Crippen LogP contribution in [-0.2, 0) is 6.54 Å². The van der Waals surface area contributed by atoms with Crippen molar-refractivity contribution in [2.75, 3.05) is 25.0 Å². The minimum absolute atomic E-state index is 0.124. The third-order valence-corrected chi connectivity index (χ3v) is 5.60. The average molecular weight is 348 g/mol. The zero-order chi connectivity index (χ0) is 17.2. The molecule has 2 heterocycles. The Balaban J connectivity index is 1.66. The summed E-state index contributed by atoms with van der Waals surface area (Å²) in [7, 11) is 2.09. The Labute approximate surface area is 152 Å². The maximum atomic E-state index is 13.2. The molecule has 0 unspecified atom stereocenters. The molecule has 0 N–H and O–H groups in total. The number of carbonyl (C=O) groups is 1. The van der Waals surface area contributed by atoms with E-state index in [9.17, 15) is 4.79 Å². The predicted molar refractivity (Wildman–Crippen MR) is 104 cm³/mol. The number of benzene rings is 2. The molecule has 0 spiro atoms. The molecule has 0 atom stereocenters. The van der Waals surface area contributed by atoms with Gasteiger partial charge in [0.15, 0.2) is 0 Å². The summed E-state index contributed by atoms with van der Waals surface area (Å²) in [6.07, 6.45) is 0. The first kappa shape index (κ1) is 15.9. The van der Waals surface area contributed by atoms with Crippen molar-refractivity contribution < 1.29 is 4.79 Å². The highest BCUT2D eigenvalue weighted by Gasteiger charge is 2.24. The van der Waals surface area contributed by atoms with Gasteiger partial charge in [0.05, 0.1) is 4.88 Å². The standard InChI is InChI=1S/C21H20N2OS/c1-22-12-13-23(15-17-9-5-6-10-19(17)22)21(24)20-18(11-14-25-20)16-7-3-2-4-8-16/h2-11,14H,12-13,15H2,1H3. The first-order valence-corrected chi connectivity index (χ1v) is 9.33. The van der Waals surface area contributed by atoms with Crippen LogP contribution in [0.15, 0.2) is 66.0 Å². The van der Waals surface area contributed by atoms with Gasteiger partial charge in [0, 0.05) is 37.9 Å². The van der Waals surface area contributed by atoms with Gasteiger partial charge in [-0.15, -0.1) is 11.3 Å². The van der Waals surface area contributed by atoms with Gasteiger partial charge in [-0.05, 0) is 28.6 Å². The molecule has 1 aliphatic rings. The van der Waals surface area contributed by atoms with E-state index in [4.69, 9.17) is 0 Å². The van der Waals surface area contributed by atoms with Gasteiger partial charge in [-0.3, -0.25) is 4.79 Å².